The smallest absolute Gasteiger partial charge is 0.255 e. The average Bonchev–Trinajstić information content (AvgIpc) is 2.91. The fourth-order valence-corrected chi connectivity index (χ4v) is 3.22. The maximum absolute atomic E-state index is 12.4. The van der Waals surface area contributed by atoms with E-state index in [9.17, 15) is 4.79 Å². The van der Waals surface area contributed by atoms with E-state index >= 15 is 0 Å². The van der Waals surface area contributed by atoms with Crippen LogP contribution in [0, 0.1) is 11.8 Å². The van der Waals surface area contributed by atoms with Gasteiger partial charge >= 0.3 is 0 Å². The summed E-state index contributed by atoms with van der Waals surface area (Å²) < 4.78 is 0. The van der Waals surface area contributed by atoms with Crippen LogP contribution in [0.4, 0.5) is 0 Å². The zero-order chi connectivity index (χ0) is 12.7. The number of likely N-dealkylation sites (tertiary alicyclic amines) is 1. The van der Waals surface area contributed by atoms with Gasteiger partial charge in [-0.05, 0) is 30.0 Å². The molecule has 1 N–H and O–H groups in total. The number of nitrogens with zero attached hydrogens (tertiary/aromatic N) is 1. The Morgan fingerprint density at radius 2 is 1.89 bits per heavy atom. The van der Waals surface area contributed by atoms with E-state index in [1.54, 1.807) is 18.2 Å². The molecule has 5 heteroatoms. The molecule has 2 aliphatic heterocycles. The van der Waals surface area contributed by atoms with Gasteiger partial charge in [0, 0.05) is 31.2 Å². The zero-order valence-corrected chi connectivity index (χ0v) is 11.3. The highest BCUT2D eigenvalue weighted by molar-refractivity contribution is 6.35. The van der Waals surface area contributed by atoms with Crippen molar-refractivity contribution in [2.75, 3.05) is 26.2 Å². The average molecular weight is 285 g/mol. The van der Waals surface area contributed by atoms with Gasteiger partial charge in [0.15, 0.2) is 0 Å². The van der Waals surface area contributed by atoms with Crippen molar-refractivity contribution in [2.24, 2.45) is 11.8 Å². The lowest BCUT2D eigenvalue weighted by Crippen LogP contribution is -2.32. The third-order valence-electron chi connectivity index (χ3n) is 3.84. The Morgan fingerprint density at radius 3 is 2.56 bits per heavy atom. The molecule has 0 aliphatic carbocycles. The van der Waals surface area contributed by atoms with Gasteiger partial charge in [0.25, 0.3) is 5.91 Å². The predicted octanol–water partition coefficient (Wildman–Crippen LogP) is 2.28. The van der Waals surface area contributed by atoms with Crippen molar-refractivity contribution in [3.8, 4) is 0 Å². The van der Waals surface area contributed by atoms with Crippen LogP contribution in [0.5, 0.6) is 0 Å². The van der Waals surface area contributed by atoms with Gasteiger partial charge in [-0.15, -0.1) is 0 Å². The van der Waals surface area contributed by atoms with Crippen molar-refractivity contribution >= 4 is 29.1 Å². The van der Waals surface area contributed by atoms with E-state index < -0.39 is 0 Å². The molecule has 1 aromatic carbocycles. The SMILES string of the molecule is O=C(c1cc(Cl)ccc1Cl)N1C[C@H]2CNC[C@H]2C1. The van der Waals surface area contributed by atoms with Crippen molar-refractivity contribution < 1.29 is 4.79 Å². The van der Waals surface area contributed by atoms with E-state index in [1.807, 2.05) is 4.90 Å². The Hall–Kier alpha value is -0.770. The standard InChI is InChI=1S/C13H14Cl2N2O/c14-10-1-2-12(15)11(3-10)13(18)17-6-8-4-16-5-9(8)7-17/h1-3,8-9,16H,4-7H2/t8-,9+. The number of carbonyl (C=O) groups is 1. The molecule has 1 aromatic rings. The molecule has 0 saturated carbocycles. The molecule has 96 valence electrons. The van der Waals surface area contributed by atoms with Gasteiger partial charge in [-0.25, -0.2) is 0 Å². The molecular weight excluding hydrogens is 271 g/mol. The van der Waals surface area contributed by atoms with E-state index in [-0.39, 0.29) is 5.91 Å². The number of nitrogens with one attached hydrogen (secondary N) is 1. The van der Waals surface area contributed by atoms with Crippen LogP contribution < -0.4 is 5.32 Å². The largest absolute Gasteiger partial charge is 0.338 e. The minimum absolute atomic E-state index is 0.00287. The van der Waals surface area contributed by atoms with Crippen LogP contribution >= 0.6 is 23.2 Å². The Kier molecular flexibility index (Phi) is 3.22. The number of carbonyl (C=O) groups excluding carboxylic acids is 1. The molecule has 1 amide bonds. The highest BCUT2D eigenvalue weighted by Crippen LogP contribution is 2.29. The molecule has 3 rings (SSSR count). The summed E-state index contributed by atoms with van der Waals surface area (Å²) in [5.41, 5.74) is 0.511. The van der Waals surface area contributed by atoms with Crippen molar-refractivity contribution in [3.63, 3.8) is 0 Å². The molecule has 2 saturated heterocycles. The van der Waals surface area contributed by atoms with E-state index in [1.165, 1.54) is 0 Å². The summed E-state index contributed by atoms with van der Waals surface area (Å²) in [6.07, 6.45) is 0. The zero-order valence-electron chi connectivity index (χ0n) is 9.83. The lowest BCUT2D eigenvalue weighted by atomic mass is 10.0. The lowest BCUT2D eigenvalue weighted by Gasteiger charge is -2.18. The summed E-state index contributed by atoms with van der Waals surface area (Å²) in [5.74, 6) is 1.18. The van der Waals surface area contributed by atoms with Gasteiger partial charge in [0.2, 0.25) is 0 Å². The quantitative estimate of drug-likeness (QED) is 0.858. The number of fused-ring (bicyclic) bond motifs is 1. The molecular formula is C13H14Cl2N2O. The van der Waals surface area contributed by atoms with Crippen LogP contribution in [0.1, 0.15) is 10.4 Å². The molecule has 18 heavy (non-hydrogen) atoms. The molecule has 2 fully saturated rings. The van der Waals surface area contributed by atoms with Crippen LogP contribution in [0.2, 0.25) is 10.0 Å². The van der Waals surface area contributed by atoms with Gasteiger partial charge in [-0.3, -0.25) is 4.79 Å². The maximum Gasteiger partial charge on any atom is 0.255 e. The molecule has 2 aliphatic rings. The first-order chi connectivity index (χ1) is 8.65. The topological polar surface area (TPSA) is 32.3 Å². The van der Waals surface area contributed by atoms with Gasteiger partial charge in [-0.1, -0.05) is 23.2 Å². The fourth-order valence-electron chi connectivity index (χ4n) is 2.85. The predicted molar refractivity (Wildman–Crippen MR) is 72.2 cm³/mol. The molecule has 0 spiro atoms. The Labute approximate surface area is 116 Å². The monoisotopic (exact) mass is 284 g/mol. The van der Waals surface area contributed by atoms with Crippen LogP contribution in [-0.2, 0) is 0 Å². The van der Waals surface area contributed by atoms with Crippen LogP contribution in [-0.4, -0.2) is 37.0 Å². The van der Waals surface area contributed by atoms with E-state index in [0.29, 0.717) is 27.4 Å². The van der Waals surface area contributed by atoms with Crippen molar-refractivity contribution in [1.82, 2.24) is 10.2 Å². The number of halogens is 2. The second-order valence-corrected chi connectivity index (χ2v) is 5.86. The summed E-state index contributed by atoms with van der Waals surface area (Å²) in [7, 11) is 0. The molecule has 2 heterocycles. The van der Waals surface area contributed by atoms with Crippen LogP contribution in [0.3, 0.4) is 0 Å². The minimum Gasteiger partial charge on any atom is -0.338 e. The second kappa shape index (κ2) is 4.72. The van der Waals surface area contributed by atoms with Crippen molar-refractivity contribution in [2.45, 2.75) is 0 Å². The van der Waals surface area contributed by atoms with Gasteiger partial charge in [-0.2, -0.15) is 0 Å². The highest BCUT2D eigenvalue weighted by Gasteiger charge is 2.38. The summed E-state index contributed by atoms with van der Waals surface area (Å²) in [6.45, 7) is 3.66. The first kappa shape index (κ1) is 12.3. The number of hydrogen-bond donors (Lipinski definition) is 1. The number of amides is 1. The summed E-state index contributed by atoms with van der Waals surface area (Å²) in [4.78, 5) is 14.3. The third kappa shape index (κ3) is 2.11. The van der Waals surface area contributed by atoms with Gasteiger partial charge < -0.3 is 10.2 Å². The second-order valence-electron chi connectivity index (χ2n) is 5.01. The first-order valence-corrected chi connectivity index (χ1v) is 6.86. The minimum atomic E-state index is -0.00287. The first-order valence-electron chi connectivity index (χ1n) is 6.10. The third-order valence-corrected chi connectivity index (χ3v) is 4.40. The lowest BCUT2D eigenvalue weighted by molar-refractivity contribution is 0.0782. The van der Waals surface area contributed by atoms with E-state index in [4.69, 9.17) is 23.2 Å². The summed E-state index contributed by atoms with van der Waals surface area (Å²) in [5, 5.41) is 4.38. The molecule has 0 unspecified atom stereocenters. The van der Waals surface area contributed by atoms with Gasteiger partial charge in [0.1, 0.15) is 0 Å². The summed E-state index contributed by atoms with van der Waals surface area (Å²) in [6, 6.07) is 5.03. The number of rotatable bonds is 1. The van der Waals surface area contributed by atoms with E-state index in [0.717, 1.165) is 26.2 Å². The number of benzene rings is 1. The molecule has 0 aromatic heterocycles. The van der Waals surface area contributed by atoms with E-state index in [2.05, 4.69) is 5.32 Å². The fraction of sp³-hybridized carbons (Fsp3) is 0.462. The summed E-state index contributed by atoms with van der Waals surface area (Å²) >= 11 is 12.0. The molecule has 3 nitrogen and oxygen atoms in total. The highest BCUT2D eigenvalue weighted by atomic mass is 35.5. The van der Waals surface area contributed by atoms with Crippen molar-refractivity contribution in [1.29, 1.82) is 0 Å². The molecule has 0 bridgehead atoms. The van der Waals surface area contributed by atoms with Gasteiger partial charge in [0.05, 0.1) is 10.6 Å². The van der Waals surface area contributed by atoms with Crippen LogP contribution in [0.25, 0.3) is 0 Å². The molecule has 2 atom stereocenters. The maximum atomic E-state index is 12.4. The van der Waals surface area contributed by atoms with Crippen molar-refractivity contribution in [3.05, 3.63) is 33.8 Å². The number of hydrogen-bond acceptors (Lipinski definition) is 2. The Bertz CT molecular complexity index is 480. The Morgan fingerprint density at radius 1 is 1.22 bits per heavy atom. The van der Waals surface area contributed by atoms with Crippen LogP contribution in [0.15, 0.2) is 18.2 Å². The molecule has 0 radical (unpaired) electrons. The Balaban J connectivity index is 1.81. The normalized spacial score (nSPS) is 26.4.